The van der Waals surface area contributed by atoms with Crippen molar-refractivity contribution in [3.05, 3.63) is 65.0 Å². The number of nitrogens with one attached hydrogen (secondary N) is 1. The van der Waals surface area contributed by atoms with Crippen molar-refractivity contribution >= 4 is 11.9 Å². The van der Waals surface area contributed by atoms with E-state index in [4.69, 9.17) is 4.74 Å². The molecule has 2 N–H and O–H groups in total. The van der Waals surface area contributed by atoms with Crippen LogP contribution in [-0.2, 0) is 17.6 Å². The van der Waals surface area contributed by atoms with Crippen LogP contribution in [0.4, 0.5) is 4.39 Å². The van der Waals surface area contributed by atoms with Gasteiger partial charge in [0.05, 0.1) is 7.11 Å². The summed E-state index contributed by atoms with van der Waals surface area (Å²) in [5, 5.41) is 12.3. The molecule has 1 aliphatic rings. The summed E-state index contributed by atoms with van der Waals surface area (Å²) in [6.07, 6.45) is 0.422. The van der Waals surface area contributed by atoms with E-state index in [0.717, 1.165) is 17.2 Å². The van der Waals surface area contributed by atoms with Crippen LogP contribution < -0.4 is 10.1 Å². The molecule has 0 aliphatic heterocycles. The maximum atomic E-state index is 13.5. The van der Waals surface area contributed by atoms with Gasteiger partial charge in [0.2, 0.25) is 0 Å². The van der Waals surface area contributed by atoms with Gasteiger partial charge >= 0.3 is 5.97 Å². The van der Waals surface area contributed by atoms with Gasteiger partial charge in [0.1, 0.15) is 5.54 Å². The fraction of sp³-hybridized carbons (Fsp3) is 0.222. The van der Waals surface area contributed by atoms with Crippen molar-refractivity contribution in [3.63, 3.8) is 0 Å². The zero-order valence-corrected chi connectivity index (χ0v) is 13.0. The molecule has 0 aromatic heterocycles. The Kier molecular flexibility index (Phi) is 3.97. The summed E-state index contributed by atoms with van der Waals surface area (Å²) in [5.74, 6) is -2.33. The van der Waals surface area contributed by atoms with Crippen LogP contribution >= 0.6 is 0 Å². The molecule has 0 heterocycles. The van der Waals surface area contributed by atoms with Gasteiger partial charge in [-0.25, -0.2) is 9.18 Å². The SMILES string of the molecule is COc1cc(C(=O)NC2(C(=O)O)Cc3ccccc3C2)ccc1F. The Morgan fingerprint density at radius 2 is 1.79 bits per heavy atom. The van der Waals surface area contributed by atoms with E-state index in [-0.39, 0.29) is 24.2 Å². The van der Waals surface area contributed by atoms with Crippen molar-refractivity contribution in [2.45, 2.75) is 18.4 Å². The van der Waals surface area contributed by atoms with Crippen molar-refractivity contribution in [2.75, 3.05) is 7.11 Å². The number of carboxylic acids is 1. The number of carbonyl (C=O) groups excluding carboxylic acids is 1. The first-order valence-corrected chi connectivity index (χ1v) is 7.41. The summed E-state index contributed by atoms with van der Waals surface area (Å²) in [5.41, 5.74) is 0.543. The van der Waals surface area contributed by atoms with Gasteiger partial charge in [-0.2, -0.15) is 0 Å². The summed E-state index contributed by atoms with van der Waals surface area (Å²) in [6.45, 7) is 0. The van der Waals surface area contributed by atoms with Crippen molar-refractivity contribution < 1.29 is 23.8 Å². The number of fused-ring (bicyclic) bond motifs is 1. The average molecular weight is 329 g/mol. The summed E-state index contributed by atoms with van der Waals surface area (Å²) in [6, 6.07) is 11.0. The molecular weight excluding hydrogens is 313 g/mol. The van der Waals surface area contributed by atoms with Gasteiger partial charge in [-0.15, -0.1) is 0 Å². The Hall–Kier alpha value is -2.89. The normalized spacial score (nSPS) is 14.8. The third kappa shape index (κ3) is 2.71. The fourth-order valence-corrected chi connectivity index (χ4v) is 3.00. The van der Waals surface area contributed by atoms with Crippen LogP contribution in [-0.4, -0.2) is 29.6 Å². The molecule has 1 amide bonds. The lowest BCUT2D eigenvalue weighted by atomic mass is 9.95. The maximum Gasteiger partial charge on any atom is 0.330 e. The number of aliphatic carboxylic acids is 1. The van der Waals surface area contributed by atoms with Gasteiger partial charge in [-0.3, -0.25) is 4.79 Å². The topological polar surface area (TPSA) is 75.6 Å². The van der Waals surface area contributed by atoms with Gasteiger partial charge in [0.15, 0.2) is 11.6 Å². The second kappa shape index (κ2) is 5.96. The minimum Gasteiger partial charge on any atom is -0.494 e. The van der Waals surface area contributed by atoms with Crippen molar-refractivity contribution in [1.29, 1.82) is 0 Å². The van der Waals surface area contributed by atoms with Crippen molar-refractivity contribution in [2.24, 2.45) is 0 Å². The van der Waals surface area contributed by atoms with Gasteiger partial charge in [0, 0.05) is 18.4 Å². The molecule has 0 saturated carbocycles. The van der Waals surface area contributed by atoms with E-state index >= 15 is 0 Å². The first-order chi connectivity index (χ1) is 11.4. The van der Waals surface area contributed by atoms with Crippen LogP contribution in [0, 0.1) is 5.82 Å². The molecule has 0 spiro atoms. The van der Waals surface area contributed by atoms with E-state index in [2.05, 4.69) is 5.32 Å². The predicted molar refractivity (Wildman–Crippen MR) is 84.6 cm³/mol. The molecule has 0 radical (unpaired) electrons. The van der Waals surface area contributed by atoms with Crippen LogP contribution in [0.25, 0.3) is 0 Å². The number of hydrogen-bond acceptors (Lipinski definition) is 3. The molecule has 0 bridgehead atoms. The lowest BCUT2D eigenvalue weighted by Gasteiger charge is -2.25. The van der Waals surface area contributed by atoms with Crippen LogP contribution in [0.5, 0.6) is 5.75 Å². The first kappa shape index (κ1) is 16.0. The largest absolute Gasteiger partial charge is 0.494 e. The lowest BCUT2D eigenvalue weighted by Crippen LogP contribution is -2.55. The molecular formula is C18H16FNO4. The van der Waals surface area contributed by atoms with Gasteiger partial charge < -0.3 is 15.2 Å². The van der Waals surface area contributed by atoms with E-state index in [1.165, 1.54) is 19.2 Å². The Bertz CT molecular complexity index is 793. The molecule has 0 atom stereocenters. The molecule has 0 saturated heterocycles. The molecule has 124 valence electrons. The highest BCUT2D eigenvalue weighted by Crippen LogP contribution is 2.31. The van der Waals surface area contributed by atoms with E-state index in [1.54, 1.807) is 0 Å². The van der Waals surface area contributed by atoms with Crippen LogP contribution in [0.1, 0.15) is 21.5 Å². The standard InChI is InChI=1S/C18H16FNO4/c1-24-15-8-11(6-7-14(15)19)16(21)20-18(17(22)23)9-12-4-2-3-5-13(12)10-18/h2-8H,9-10H2,1H3,(H,20,21)(H,22,23). The molecule has 6 heteroatoms. The lowest BCUT2D eigenvalue weighted by molar-refractivity contribution is -0.144. The molecule has 2 aromatic carbocycles. The number of benzene rings is 2. The first-order valence-electron chi connectivity index (χ1n) is 7.41. The third-order valence-corrected chi connectivity index (χ3v) is 4.28. The molecule has 1 aliphatic carbocycles. The zero-order chi connectivity index (χ0) is 17.3. The Balaban J connectivity index is 1.88. The van der Waals surface area contributed by atoms with Crippen LogP contribution in [0.15, 0.2) is 42.5 Å². The van der Waals surface area contributed by atoms with E-state index in [9.17, 15) is 19.1 Å². The third-order valence-electron chi connectivity index (χ3n) is 4.28. The molecule has 0 fully saturated rings. The number of rotatable bonds is 4. The predicted octanol–water partition coefficient (Wildman–Crippen LogP) is 2.19. The van der Waals surface area contributed by atoms with E-state index < -0.39 is 23.2 Å². The monoisotopic (exact) mass is 329 g/mol. The molecule has 2 aromatic rings. The summed E-state index contributed by atoms with van der Waals surface area (Å²) in [7, 11) is 1.30. The second-order valence-corrected chi connectivity index (χ2v) is 5.81. The van der Waals surface area contributed by atoms with E-state index in [1.807, 2.05) is 24.3 Å². The Morgan fingerprint density at radius 3 is 2.33 bits per heavy atom. The molecule has 5 nitrogen and oxygen atoms in total. The number of amides is 1. The second-order valence-electron chi connectivity index (χ2n) is 5.81. The van der Waals surface area contributed by atoms with Gasteiger partial charge in [0.25, 0.3) is 5.91 Å². The van der Waals surface area contributed by atoms with Crippen LogP contribution in [0.2, 0.25) is 0 Å². The number of halogens is 1. The molecule has 3 rings (SSSR count). The summed E-state index contributed by atoms with van der Waals surface area (Å²) >= 11 is 0. The highest BCUT2D eigenvalue weighted by molar-refractivity contribution is 5.98. The number of ether oxygens (including phenoxy) is 1. The number of carbonyl (C=O) groups is 2. The van der Waals surface area contributed by atoms with E-state index in [0.29, 0.717) is 0 Å². The highest BCUT2D eigenvalue weighted by Gasteiger charge is 2.45. The minimum atomic E-state index is -1.40. The van der Waals surface area contributed by atoms with Crippen molar-refractivity contribution in [1.82, 2.24) is 5.32 Å². The quantitative estimate of drug-likeness (QED) is 0.901. The molecule has 24 heavy (non-hydrogen) atoms. The Labute approximate surface area is 138 Å². The van der Waals surface area contributed by atoms with Crippen LogP contribution in [0.3, 0.4) is 0 Å². The summed E-state index contributed by atoms with van der Waals surface area (Å²) < 4.78 is 18.3. The number of methoxy groups -OCH3 is 1. The fourth-order valence-electron chi connectivity index (χ4n) is 3.00. The summed E-state index contributed by atoms with van der Waals surface area (Å²) in [4.78, 5) is 24.3. The van der Waals surface area contributed by atoms with Crippen molar-refractivity contribution in [3.8, 4) is 5.75 Å². The number of carboxylic acid groups (broad SMARTS) is 1. The minimum absolute atomic E-state index is 0.0678. The van der Waals surface area contributed by atoms with Gasteiger partial charge in [-0.1, -0.05) is 24.3 Å². The smallest absolute Gasteiger partial charge is 0.330 e. The van der Waals surface area contributed by atoms with Gasteiger partial charge in [-0.05, 0) is 29.3 Å². The number of hydrogen-bond donors (Lipinski definition) is 2. The molecule has 0 unspecified atom stereocenters. The maximum absolute atomic E-state index is 13.5. The highest BCUT2D eigenvalue weighted by atomic mass is 19.1. The average Bonchev–Trinajstić information content (AvgIpc) is 2.94. The zero-order valence-electron chi connectivity index (χ0n) is 13.0. The Morgan fingerprint density at radius 1 is 1.17 bits per heavy atom.